The molecular weight excluding hydrogens is 368 g/mol. The van der Waals surface area contributed by atoms with Crippen molar-refractivity contribution in [1.29, 1.82) is 0 Å². The van der Waals surface area contributed by atoms with Gasteiger partial charge in [0.05, 0.1) is 4.47 Å². The lowest BCUT2D eigenvalue weighted by Crippen LogP contribution is -2.47. The molecule has 0 amide bonds. The van der Waals surface area contributed by atoms with Gasteiger partial charge in [0.15, 0.2) is 0 Å². The second-order valence-electron chi connectivity index (χ2n) is 6.57. The molecule has 24 heavy (non-hydrogen) atoms. The van der Waals surface area contributed by atoms with Crippen molar-refractivity contribution in [2.24, 2.45) is 0 Å². The summed E-state index contributed by atoms with van der Waals surface area (Å²) in [6.07, 6.45) is 6.07. The molecule has 2 fully saturated rings. The van der Waals surface area contributed by atoms with Crippen LogP contribution in [0.1, 0.15) is 35.8 Å². The van der Waals surface area contributed by atoms with Crippen LogP contribution in [0.3, 0.4) is 0 Å². The van der Waals surface area contributed by atoms with Gasteiger partial charge in [-0.25, -0.2) is 19.9 Å². The van der Waals surface area contributed by atoms with Crippen molar-refractivity contribution >= 4 is 27.7 Å². The Hall–Kier alpha value is -1.76. The van der Waals surface area contributed by atoms with Crippen LogP contribution in [0.4, 0.5) is 11.8 Å². The fraction of sp³-hybridized carbons (Fsp3) is 0.529. The molecule has 0 aromatic carbocycles. The van der Waals surface area contributed by atoms with Gasteiger partial charge in [-0.1, -0.05) is 0 Å². The monoisotopic (exact) mass is 388 g/mol. The molecule has 1 saturated carbocycles. The van der Waals surface area contributed by atoms with Crippen LogP contribution in [0.5, 0.6) is 0 Å². The molecule has 0 N–H and O–H groups in total. The molecule has 3 heterocycles. The SMILES string of the molecule is Cc1nc(C2CC2)nc(N2CCN(c3ncc(Br)cn3)CC2)c1C. The zero-order valence-electron chi connectivity index (χ0n) is 14.0. The molecular formula is C17H21BrN6. The molecule has 2 aliphatic rings. The highest BCUT2D eigenvalue weighted by Crippen LogP contribution is 2.39. The van der Waals surface area contributed by atoms with Crippen LogP contribution in [0.15, 0.2) is 16.9 Å². The normalized spacial score (nSPS) is 18.1. The lowest BCUT2D eigenvalue weighted by molar-refractivity contribution is 0.629. The van der Waals surface area contributed by atoms with E-state index < -0.39 is 0 Å². The summed E-state index contributed by atoms with van der Waals surface area (Å²) in [5.41, 5.74) is 2.31. The molecule has 126 valence electrons. The lowest BCUT2D eigenvalue weighted by atomic mass is 10.2. The Bertz CT molecular complexity index is 735. The molecule has 2 aromatic rings. The van der Waals surface area contributed by atoms with E-state index in [1.807, 2.05) is 0 Å². The number of rotatable bonds is 3. The number of halogens is 1. The number of hydrogen-bond donors (Lipinski definition) is 0. The first-order valence-corrected chi connectivity index (χ1v) is 9.23. The van der Waals surface area contributed by atoms with Crippen molar-refractivity contribution in [2.75, 3.05) is 36.0 Å². The highest BCUT2D eigenvalue weighted by atomic mass is 79.9. The van der Waals surface area contributed by atoms with Gasteiger partial charge in [-0.2, -0.15) is 0 Å². The molecule has 0 spiro atoms. The fourth-order valence-electron chi connectivity index (χ4n) is 3.05. The minimum absolute atomic E-state index is 0.584. The van der Waals surface area contributed by atoms with Crippen molar-refractivity contribution in [2.45, 2.75) is 32.6 Å². The van der Waals surface area contributed by atoms with Crippen LogP contribution in [0.25, 0.3) is 0 Å². The van der Waals surface area contributed by atoms with Gasteiger partial charge in [-0.05, 0) is 42.6 Å². The molecule has 1 aliphatic heterocycles. The topological polar surface area (TPSA) is 58.0 Å². The molecule has 1 saturated heterocycles. The summed E-state index contributed by atoms with van der Waals surface area (Å²) in [5.74, 6) is 3.53. The first-order valence-electron chi connectivity index (χ1n) is 8.44. The van der Waals surface area contributed by atoms with Crippen LogP contribution in [0.2, 0.25) is 0 Å². The van der Waals surface area contributed by atoms with Gasteiger partial charge < -0.3 is 9.80 Å². The second-order valence-corrected chi connectivity index (χ2v) is 7.48. The number of hydrogen-bond acceptors (Lipinski definition) is 6. The Morgan fingerprint density at radius 1 is 0.958 bits per heavy atom. The molecule has 1 aliphatic carbocycles. The third-order valence-electron chi connectivity index (χ3n) is 4.79. The molecule has 0 bridgehead atoms. The molecule has 2 aromatic heterocycles. The van der Waals surface area contributed by atoms with Crippen LogP contribution >= 0.6 is 15.9 Å². The third kappa shape index (κ3) is 3.09. The average Bonchev–Trinajstić information content (AvgIpc) is 3.43. The maximum Gasteiger partial charge on any atom is 0.225 e. The van der Waals surface area contributed by atoms with E-state index in [0.29, 0.717) is 5.92 Å². The van der Waals surface area contributed by atoms with E-state index in [0.717, 1.165) is 53.9 Å². The van der Waals surface area contributed by atoms with Crippen LogP contribution in [0, 0.1) is 13.8 Å². The Kier molecular flexibility index (Phi) is 4.12. The van der Waals surface area contributed by atoms with E-state index in [-0.39, 0.29) is 0 Å². The van der Waals surface area contributed by atoms with E-state index >= 15 is 0 Å². The standard InChI is InChI=1S/C17H21BrN6/c1-11-12(2)21-15(13-3-4-13)22-16(11)23-5-7-24(8-6-23)17-19-9-14(18)10-20-17/h9-10,13H,3-8H2,1-2H3. The largest absolute Gasteiger partial charge is 0.353 e. The Labute approximate surface area is 150 Å². The van der Waals surface area contributed by atoms with Crippen LogP contribution in [-0.4, -0.2) is 46.1 Å². The average molecular weight is 389 g/mol. The minimum atomic E-state index is 0.584. The maximum absolute atomic E-state index is 4.89. The first kappa shape index (κ1) is 15.7. The van der Waals surface area contributed by atoms with E-state index in [2.05, 4.69) is 54.5 Å². The van der Waals surface area contributed by atoms with Crippen molar-refractivity contribution in [3.63, 3.8) is 0 Å². The van der Waals surface area contributed by atoms with Gasteiger partial charge in [-0.3, -0.25) is 0 Å². The zero-order chi connectivity index (χ0) is 16.7. The maximum atomic E-state index is 4.89. The third-order valence-corrected chi connectivity index (χ3v) is 5.20. The van der Waals surface area contributed by atoms with Crippen molar-refractivity contribution in [3.8, 4) is 0 Å². The van der Waals surface area contributed by atoms with Gasteiger partial charge in [0.1, 0.15) is 11.6 Å². The van der Waals surface area contributed by atoms with E-state index in [1.165, 1.54) is 18.4 Å². The summed E-state index contributed by atoms with van der Waals surface area (Å²) in [7, 11) is 0. The number of piperazine rings is 1. The van der Waals surface area contributed by atoms with Crippen LogP contribution < -0.4 is 9.80 Å². The summed E-state index contributed by atoms with van der Waals surface area (Å²) < 4.78 is 0.907. The smallest absolute Gasteiger partial charge is 0.225 e. The summed E-state index contributed by atoms with van der Waals surface area (Å²) in [6.45, 7) is 7.90. The number of aromatic nitrogens is 4. The molecule has 7 heteroatoms. The highest BCUT2D eigenvalue weighted by Gasteiger charge is 2.29. The molecule has 0 atom stereocenters. The van der Waals surface area contributed by atoms with Gasteiger partial charge in [0.25, 0.3) is 0 Å². The Morgan fingerprint density at radius 3 is 2.21 bits per heavy atom. The quantitative estimate of drug-likeness (QED) is 0.805. The van der Waals surface area contributed by atoms with Crippen molar-refractivity contribution in [1.82, 2.24) is 19.9 Å². The second kappa shape index (κ2) is 6.27. The van der Waals surface area contributed by atoms with Gasteiger partial charge >= 0.3 is 0 Å². The number of nitrogens with zero attached hydrogens (tertiary/aromatic N) is 6. The predicted molar refractivity (Wildman–Crippen MR) is 97.6 cm³/mol. The molecule has 6 nitrogen and oxygen atoms in total. The molecule has 4 rings (SSSR count). The van der Waals surface area contributed by atoms with Crippen molar-refractivity contribution in [3.05, 3.63) is 33.9 Å². The van der Waals surface area contributed by atoms with E-state index in [1.54, 1.807) is 12.4 Å². The van der Waals surface area contributed by atoms with E-state index in [9.17, 15) is 0 Å². The zero-order valence-corrected chi connectivity index (χ0v) is 15.6. The molecule has 0 unspecified atom stereocenters. The summed E-state index contributed by atoms with van der Waals surface area (Å²) in [5, 5.41) is 0. The predicted octanol–water partition coefficient (Wildman–Crippen LogP) is 2.85. The van der Waals surface area contributed by atoms with Gasteiger partial charge in [0, 0.05) is 55.7 Å². The summed E-state index contributed by atoms with van der Waals surface area (Å²) >= 11 is 3.38. The number of aryl methyl sites for hydroxylation is 1. The fourth-order valence-corrected chi connectivity index (χ4v) is 3.26. The van der Waals surface area contributed by atoms with Crippen LogP contribution in [-0.2, 0) is 0 Å². The Balaban J connectivity index is 1.50. The van der Waals surface area contributed by atoms with Gasteiger partial charge in [-0.15, -0.1) is 0 Å². The van der Waals surface area contributed by atoms with E-state index in [4.69, 9.17) is 4.98 Å². The highest BCUT2D eigenvalue weighted by molar-refractivity contribution is 9.10. The van der Waals surface area contributed by atoms with Crippen molar-refractivity contribution < 1.29 is 0 Å². The minimum Gasteiger partial charge on any atom is -0.353 e. The first-order chi connectivity index (χ1) is 11.6. The summed E-state index contributed by atoms with van der Waals surface area (Å²) in [4.78, 5) is 23.0. The lowest BCUT2D eigenvalue weighted by Gasteiger charge is -2.36. The number of anilines is 2. The molecule has 0 radical (unpaired) electrons. The Morgan fingerprint density at radius 2 is 1.58 bits per heavy atom. The van der Waals surface area contributed by atoms with Gasteiger partial charge in [0.2, 0.25) is 5.95 Å². The summed E-state index contributed by atoms with van der Waals surface area (Å²) in [6, 6.07) is 0.